The second kappa shape index (κ2) is 6.37. The van der Waals surface area contributed by atoms with Crippen LogP contribution in [0.5, 0.6) is 6.01 Å². The van der Waals surface area contributed by atoms with E-state index in [4.69, 9.17) is 9.47 Å². The fourth-order valence-electron chi connectivity index (χ4n) is 0.927. The molecule has 1 rings (SSSR count). The van der Waals surface area contributed by atoms with Crippen LogP contribution in [0.4, 0.5) is 5.95 Å². The number of aromatic amines is 1. The predicted octanol–water partition coefficient (Wildman–Crippen LogP) is -0.904. The molecule has 0 bridgehead atoms. The lowest BCUT2D eigenvalue weighted by atomic mass is 10.7. The molecule has 0 aromatic carbocycles. The molecule has 1 aromatic rings. The van der Waals surface area contributed by atoms with E-state index < -0.39 is 10.2 Å². The van der Waals surface area contributed by atoms with E-state index in [-0.39, 0.29) is 25.1 Å². The minimum absolute atomic E-state index is 0.0154. The van der Waals surface area contributed by atoms with Gasteiger partial charge in [-0.05, 0) is 6.92 Å². The first-order valence-corrected chi connectivity index (χ1v) is 6.37. The van der Waals surface area contributed by atoms with E-state index in [2.05, 4.69) is 24.6 Å². The summed E-state index contributed by atoms with van der Waals surface area (Å²) in [6, 6.07) is 0.0853. The molecule has 0 unspecified atom stereocenters. The summed E-state index contributed by atoms with van der Waals surface area (Å²) in [4.78, 5) is 3.76. The zero-order valence-corrected chi connectivity index (χ0v) is 10.4. The lowest BCUT2D eigenvalue weighted by Crippen LogP contribution is -2.32. The third-order valence-corrected chi connectivity index (χ3v) is 2.61. The van der Waals surface area contributed by atoms with Crippen LogP contribution >= 0.6 is 0 Å². The van der Waals surface area contributed by atoms with Crippen molar-refractivity contribution in [2.75, 3.05) is 31.6 Å². The number of rotatable bonds is 8. The summed E-state index contributed by atoms with van der Waals surface area (Å²) in [5.74, 6) is -0.0154. The molecule has 0 amide bonds. The summed E-state index contributed by atoms with van der Waals surface area (Å²) in [6.07, 6.45) is 0. The van der Waals surface area contributed by atoms with Gasteiger partial charge >= 0.3 is 16.2 Å². The summed E-state index contributed by atoms with van der Waals surface area (Å²) >= 11 is 0. The van der Waals surface area contributed by atoms with Crippen molar-refractivity contribution in [3.63, 3.8) is 0 Å². The molecule has 0 saturated heterocycles. The van der Waals surface area contributed by atoms with Crippen molar-refractivity contribution in [1.82, 2.24) is 19.9 Å². The normalized spacial score (nSPS) is 11.4. The van der Waals surface area contributed by atoms with Crippen LogP contribution in [0.3, 0.4) is 0 Å². The fraction of sp³-hybridized carbons (Fsp3) is 0.714. The average molecular weight is 265 g/mol. The summed E-state index contributed by atoms with van der Waals surface area (Å²) in [6.45, 7) is 2.61. The molecule has 0 aliphatic carbocycles. The first-order valence-electron chi connectivity index (χ1n) is 4.89. The number of nitrogens with zero attached hydrogens (tertiary/aromatic N) is 2. The van der Waals surface area contributed by atoms with Gasteiger partial charge in [-0.25, -0.2) is 9.82 Å². The molecule has 0 saturated carbocycles. The molecule has 3 N–H and O–H groups in total. The van der Waals surface area contributed by atoms with Crippen LogP contribution in [0, 0.1) is 0 Å². The standard InChI is InChI=1S/C7H15N5O4S/c1-3-16-7-9-6(10-11-7)12-17(13,14)8-4-5-15-2/h8H,3-5H2,1-2H3,(H2,9,10,11,12). The lowest BCUT2D eigenvalue weighted by Gasteiger charge is -2.05. The summed E-state index contributed by atoms with van der Waals surface area (Å²) in [7, 11) is -2.20. The minimum atomic E-state index is -3.68. The first-order chi connectivity index (χ1) is 8.07. The van der Waals surface area contributed by atoms with Gasteiger partial charge in [0.05, 0.1) is 13.2 Å². The Bertz CT molecular complexity index is 431. The maximum absolute atomic E-state index is 11.4. The van der Waals surface area contributed by atoms with E-state index >= 15 is 0 Å². The van der Waals surface area contributed by atoms with E-state index in [0.29, 0.717) is 6.61 Å². The molecule has 0 spiro atoms. The van der Waals surface area contributed by atoms with Crippen molar-refractivity contribution in [3.8, 4) is 6.01 Å². The number of anilines is 1. The maximum Gasteiger partial charge on any atom is 0.337 e. The number of H-pyrrole nitrogens is 1. The van der Waals surface area contributed by atoms with Gasteiger partial charge in [0.15, 0.2) is 0 Å². The van der Waals surface area contributed by atoms with Gasteiger partial charge in [0.25, 0.3) is 0 Å². The van der Waals surface area contributed by atoms with Gasteiger partial charge in [0, 0.05) is 13.7 Å². The molecule has 9 nitrogen and oxygen atoms in total. The Hall–Kier alpha value is -1.39. The molecular formula is C7H15N5O4S. The summed E-state index contributed by atoms with van der Waals surface area (Å²) in [5, 5.41) is 6.04. The summed E-state index contributed by atoms with van der Waals surface area (Å²) < 4.78 is 37.0. The predicted molar refractivity (Wildman–Crippen MR) is 60.0 cm³/mol. The van der Waals surface area contributed by atoms with Crippen LogP contribution in [-0.4, -0.2) is 50.5 Å². The van der Waals surface area contributed by atoms with Crippen molar-refractivity contribution >= 4 is 16.2 Å². The van der Waals surface area contributed by atoms with Crippen LogP contribution in [0.1, 0.15) is 6.92 Å². The number of methoxy groups -OCH3 is 1. The fourth-order valence-corrected chi connectivity index (χ4v) is 1.70. The van der Waals surface area contributed by atoms with Crippen molar-refractivity contribution in [2.24, 2.45) is 0 Å². The number of hydrogen-bond acceptors (Lipinski definition) is 6. The molecule has 17 heavy (non-hydrogen) atoms. The van der Waals surface area contributed by atoms with E-state index in [0.717, 1.165) is 0 Å². The van der Waals surface area contributed by atoms with E-state index in [9.17, 15) is 8.42 Å². The molecule has 0 fully saturated rings. The molecule has 10 heteroatoms. The maximum atomic E-state index is 11.4. The van der Waals surface area contributed by atoms with Gasteiger partial charge in [-0.2, -0.15) is 18.1 Å². The molecule has 1 heterocycles. The van der Waals surface area contributed by atoms with Crippen LogP contribution in [0.15, 0.2) is 0 Å². The van der Waals surface area contributed by atoms with Gasteiger partial charge in [0.1, 0.15) is 0 Å². The molecule has 0 atom stereocenters. The Morgan fingerprint density at radius 1 is 1.47 bits per heavy atom. The molecular weight excluding hydrogens is 250 g/mol. The monoisotopic (exact) mass is 265 g/mol. The lowest BCUT2D eigenvalue weighted by molar-refractivity contribution is 0.204. The van der Waals surface area contributed by atoms with Crippen molar-refractivity contribution < 1.29 is 17.9 Å². The third-order valence-electron chi connectivity index (χ3n) is 1.57. The highest BCUT2D eigenvalue weighted by atomic mass is 32.2. The number of hydrogen-bond donors (Lipinski definition) is 3. The van der Waals surface area contributed by atoms with Gasteiger partial charge in [-0.15, -0.1) is 5.10 Å². The second-order valence-electron chi connectivity index (χ2n) is 2.89. The van der Waals surface area contributed by atoms with Crippen molar-refractivity contribution in [3.05, 3.63) is 0 Å². The Morgan fingerprint density at radius 2 is 2.24 bits per heavy atom. The van der Waals surface area contributed by atoms with E-state index in [1.54, 1.807) is 6.92 Å². The molecule has 0 aliphatic rings. The van der Waals surface area contributed by atoms with E-state index in [1.807, 2.05) is 0 Å². The van der Waals surface area contributed by atoms with Gasteiger partial charge in [0.2, 0.25) is 5.95 Å². The second-order valence-corrected chi connectivity index (χ2v) is 4.39. The minimum Gasteiger partial charge on any atom is -0.463 e. The van der Waals surface area contributed by atoms with Crippen LogP contribution < -0.4 is 14.2 Å². The highest BCUT2D eigenvalue weighted by Crippen LogP contribution is 2.06. The topological polar surface area (TPSA) is 118 Å². The van der Waals surface area contributed by atoms with Gasteiger partial charge in [-0.1, -0.05) is 0 Å². The zero-order valence-electron chi connectivity index (χ0n) is 9.56. The quantitative estimate of drug-likeness (QED) is 0.524. The van der Waals surface area contributed by atoms with Crippen LogP contribution in [-0.2, 0) is 14.9 Å². The number of aromatic nitrogens is 3. The Labute approximate surface area is 99.1 Å². The van der Waals surface area contributed by atoms with Crippen LogP contribution in [0.25, 0.3) is 0 Å². The molecule has 0 aliphatic heterocycles. The largest absolute Gasteiger partial charge is 0.463 e. The van der Waals surface area contributed by atoms with Crippen LogP contribution in [0.2, 0.25) is 0 Å². The first kappa shape index (κ1) is 13.7. The van der Waals surface area contributed by atoms with Gasteiger partial charge in [-0.3, -0.25) is 0 Å². The Balaban J connectivity index is 2.50. The highest BCUT2D eigenvalue weighted by molar-refractivity contribution is 7.90. The van der Waals surface area contributed by atoms with Gasteiger partial charge < -0.3 is 9.47 Å². The number of nitrogens with one attached hydrogen (secondary N) is 3. The number of ether oxygens (including phenoxy) is 2. The molecule has 0 radical (unpaired) electrons. The summed E-state index contributed by atoms with van der Waals surface area (Å²) in [5.41, 5.74) is 0. The average Bonchev–Trinajstić information content (AvgIpc) is 2.65. The molecule has 1 aromatic heterocycles. The smallest absolute Gasteiger partial charge is 0.337 e. The SMILES string of the molecule is CCOc1n[nH]c(NS(=O)(=O)NCCOC)n1. The Kier molecular flexibility index (Phi) is 5.12. The molecule has 98 valence electrons. The van der Waals surface area contributed by atoms with Crippen molar-refractivity contribution in [2.45, 2.75) is 6.92 Å². The van der Waals surface area contributed by atoms with Crippen molar-refractivity contribution in [1.29, 1.82) is 0 Å². The van der Waals surface area contributed by atoms with E-state index in [1.165, 1.54) is 7.11 Å². The zero-order chi connectivity index (χ0) is 12.7. The highest BCUT2D eigenvalue weighted by Gasteiger charge is 2.12. The third kappa shape index (κ3) is 4.97. The Morgan fingerprint density at radius 3 is 2.88 bits per heavy atom.